The number of pyridine rings is 1. The minimum atomic E-state index is -0.315. The summed E-state index contributed by atoms with van der Waals surface area (Å²) in [6.07, 6.45) is 4.69. The summed E-state index contributed by atoms with van der Waals surface area (Å²) in [5.41, 5.74) is 1.97. The van der Waals surface area contributed by atoms with Crippen LogP contribution in [0, 0.1) is 6.92 Å². The lowest BCUT2D eigenvalue weighted by Gasteiger charge is -2.23. The Morgan fingerprint density at radius 3 is 3.00 bits per heavy atom. The number of hydrogen-bond donors (Lipinski definition) is 1. The first-order chi connectivity index (χ1) is 8.61. The number of amides is 1. The highest BCUT2D eigenvalue weighted by atomic mass is 16.2. The third-order valence-corrected chi connectivity index (χ3v) is 4.23. The molecule has 1 N–H and O–H groups in total. The van der Waals surface area contributed by atoms with Crippen molar-refractivity contribution in [1.82, 2.24) is 15.2 Å². The van der Waals surface area contributed by atoms with Gasteiger partial charge in [0.1, 0.15) is 5.54 Å². The number of likely N-dealkylation sites (N-methyl/N-ethyl adjacent to an activating group) is 1. The number of likely N-dealkylation sites (tertiary alicyclic amines) is 1. The lowest BCUT2D eigenvalue weighted by molar-refractivity contribution is -0.131. The highest BCUT2D eigenvalue weighted by Crippen LogP contribution is 2.38. The zero-order valence-corrected chi connectivity index (χ0v) is 10.9. The molecule has 1 aromatic heterocycles. The molecule has 0 radical (unpaired) electrons. The fourth-order valence-electron chi connectivity index (χ4n) is 3.14. The van der Waals surface area contributed by atoms with Crippen molar-refractivity contribution in [3.05, 3.63) is 29.6 Å². The van der Waals surface area contributed by atoms with E-state index in [1.54, 1.807) is 0 Å². The van der Waals surface area contributed by atoms with Crippen molar-refractivity contribution in [2.45, 2.75) is 37.8 Å². The summed E-state index contributed by atoms with van der Waals surface area (Å²) in [6, 6.07) is 4.34. The molecule has 2 atom stereocenters. The Labute approximate surface area is 107 Å². The highest BCUT2D eigenvalue weighted by molar-refractivity contribution is 5.88. The van der Waals surface area contributed by atoms with E-state index < -0.39 is 0 Å². The van der Waals surface area contributed by atoms with E-state index in [9.17, 15) is 4.79 Å². The lowest BCUT2D eigenvalue weighted by atomic mass is 9.96. The number of hydrogen-bond acceptors (Lipinski definition) is 3. The molecular weight excluding hydrogens is 226 g/mol. The first-order valence-corrected chi connectivity index (χ1v) is 6.57. The predicted molar refractivity (Wildman–Crippen MR) is 69.1 cm³/mol. The first kappa shape index (κ1) is 11.7. The maximum Gasteiger partial charge on any atom is 0.242 e. The number of aromatic nitrogens is 1. The van der Waals surface area contributed by atoms with Gasteiger partial charge in [0, 0.05) is 19.8 Å². The maximum absolute atomic E-state index is 12.2. The van der Waals surface area contributed by atoms with Gasteiger partial charge in [-0.3, -0.25) is 15.1 Å². The van der Waals surface area contributed by atoms with E-state index in [1.807, 2.05) is 24.2 Å². The molecule has 0 aromatic carbocycles. The summed E-state index contributed by atoms with van der Waals surface area (Å²) >= 11 is 0. The van der Waals surface area contributed by atoms with Crippen LogP contribution >= 0.6 is 0 Å². The number of aryl methyl sites for hydroxylation is 1. The van der Waals surface area contributed by atoms with Crippen molar-refractivity contribution in [3.8, 4) is 0 Å². The summed E-state index contributed by atoms with van der Waals surface area (Å²) in [4.78, 5) is 18.5. The molecule has 2 aliphatic heterocycles. The Balaban J connectivity index is 1.82. The molecule has 96 valence electrons. The van der Waals surface area contributed by atoms with Crippen LogP contribution in [0.4, 0.5) is 0 Å². The molecule has 1 aromatic rings. The second kappa shape index (κ2) is 4.05. The molecule has 1 amide bonds. The van der Waals surface area contributed by atoms with E-state index in [0.717, 1.165) is 31.5 Å². The average molecular weight is 245 g/mol. The van der Waals surface area contributed by atoms with E-state index in [0.29, 0.717) is 0 Å². The van der Waals surface area contributed by atoms with Gasteiger partial charge in [-0.2, -0.15) is 0 Å². The van der Waals surface area contributed by atoms with Gasteiger partial charge in [-0.05, 0) is 43.9 Å². The predicted octanol–water partition coefficient (Wildman–Crippen LogP) is 1.42. The zero-order chi connectivity index (χ0) is 12.8. The molecule has 2 unspecified atom stereocenters. The minimum Gasteiger partial charge on any atom is -0.344 e. The lowest BCUT2D eigenvalue weighted by Crippen LogP contribution is -2.47. The molecule has 4 nitrogen and oxygen atoms in total. The smallest absolute Gasteiger partial charge is 0.242 e. The molecule has 0 aliphatic carbocycles. The van der Waals surface area contributed by atoms with Gasteiger partial charge in [0.05, 0.1) is 11.7 Å². The SMILES string of the molecule is Cc1ccnc(C2CCC3(CCN(C)C3=O)N2)c1. The molecule has 0 saturated carbocycles. The van der Waals surface area contributed by atoms with E-state index in [4.69, 9.17) is 0 Å². The fraction of sp³-hybridized carbons (Fsp3) is 0.571. The molecular formula is C14H19N3O. The number of rotatable bonds is 1. The van der Waals surface area contributed by atoms with Crippen LogP contribution in [0.2, 0.25) is 0 Å². The van der Waals surface area contributed by atoms with Crippen LogP contribution in [0.1, 0.15) is 36.6 Å². The number of carbonyl (C=O) groups excluding carboxylic acids is 1. The highest BCUT2D eigenvalue weighted by Gasteiger charge is 2.50. The van der Waals surface area contributed by atoms with E-state index in [-0.39, 0.29) is 17.5 Å². The van der Waals surface area contributed by atoms with Crippen LogP contribution in [0.3, 0.4) is 0 Å². The zero-order valence-electron chi connectivity index (χ0n) is 10.9. The third kappa shape index (κ3) is 1.72. The normalized spacial score (nSPS) is 31.6. The van der Waals surface area contributed by atoms with Gasteiger partial charge < -0.3 is 4.90 Å². The van der Waals surface area contributed by atoms with Gasteiger partial charge >= 0.3 is 0 Å². The Bertz CT molecular complexity index is 488. The van der Waals surface area contributed by atoms with Crippen molar-refractivity contribution >= 4 is 5.91 Å². The van der Waals surface area contributed by atoms with Gasteiger partial charge in [0.15, 0.2) is 0 Å². The van der Waals surface area contributed by atoms with Crippen molar-refractivity contribution in [2.24, 2.45) is 0 Å². The standard InChI is InChI=1S/C14H19N3O/c1-10-4-7-15-12(9-10)11-3-5-14(16-11)6-8-17(2)13(14)18/h4,7,9,11,16H,3,5-6,8H2,1-2H3. The molecule has 3 heterocycles. The van der Waals surface area contributed by atoms with E-state index >= 15 is 0 Å². The van der Waals surface area contributed by atoms with Gasteiger partial charge in [-0.25, -0.2) is 0 Å². The molecule has 3 rings (SSSR count). The third-order valence-electron chi connectivity index (χ3n) is 4.23. The van der Waals surface area contributed by atoms with Crippen molar-refractivity contribution < 1.29 is 4.79 Å². The maximum atomic E-state index is 12.2. The summed E-state index contributed by atoms with van der Waals surface area (Å²) < 4.78 is 0. The van der Waals surface area contributed by atoms with Gasteiger partial charge in [-0.15, -0.1) is 0 Å². The molecule has 2 aliphatic rings. The van der Waals surface area contributed by atoms with Gasteiger partial charge in [0.25, 0.3) is 0 Å². The first-order valence-electron chi connectivity index (χ1n) is 6.57. The number of nitrogens with zero attached hydrogens (tertiary/aromatic N) is 2. The topological polar surface area (TPSA) is 45.2 Å². The van der Waals surface area contributed by atoms with E-state index in [2.05, 4.69) is 23.3 Å². The van der Waals surface area contributed by atoms with Crippen molar-refractivity contribution in [2.75, 3.05) is 13.6 Å². The second-order valence-corrected chi connectivity index (χ2v) is 5.55. The minimum absolute atomic E-state index is 0.223. The van der Waals surface area contributed by atoms with E-state index in [1.165, 1.54) is 5.56 Å². The molecule has 4 heteroatoms. The molecule has 18 heavy (non-hydrogen) atoms. The Morgan fingerprint density at radius 2 is 2.33 bits per heavy atom. The molecule has 2 saturated heterocycles. The van der Waals surface area contributed by atoms with Crippen LogP contribution in [0.15, 0.2) is 18.3 Å². The summed E-state index contributed by atoms with van der Waals surface area (Å²) in [6.45, 7) is 2.93. The molecule has 0 bridgehead atoms. The monoisotopic (exact) mass is 245 g/mol. The largest absolute Gasteiger partial charge is 0.344 e. The van der Waals surface area contributed by atoms with Crippen LogP contribution in [0.5, 0.6) is 0 Å². The van der Waals surface area contributed by atoms with Crippen LogP contribution in [0.25, 0.3) is 0 Å². The van der Waals surface area contributed by atoms with Crippen LogP contribution in [-0.4, -0.2) is 34.9 Å². The van der Waals surface area contributed by atoms with Gasteiger partial charge in [-0.1, -0.05) is 0 Å². The number of nitrogens with one attached hydrogen (secondary N) is 1. The number of carbonyl (C=O) groups is 1. The average Bonchev–Trinajstić information content (AvgIpc) is 2.91. The second-order valence-electron chi connectivity index (χ2n) is 5.55. The van der Waals surface area contributed by atoms with Crippen molar-refractivity contribution in [1.29, 1.82) is 0 Å². The summed E-state index contributed by atoms with van der Waals surface area (Å²) in [5, 5.41) is 3.54. The van der Waals surface area contributed by atoms with Crippen LogP contribution in [-0.2, 0) is 4.79 Å². The molecule has 1 spiro atoms. The van der Waals surface area contributed by atoms with Crippen molar-refractivity contribution in [3.63, 3.8) is 0 Å². The Kier molecular flexibility index (Phi) is 2.63. The summed E-state index contributed by atoms with van der Waals surface area (Å²) in [5.74, 6) is 0.248. The van der Waals surface area contributed by atoms with Crippen LogP contribution < -0.4 is 5.32 Å². The Morgan fingerprint density at radius 1 is 1.50 bits per heavy atom. The Hall–Kier alpha value is -1.42. The quantitative estimate of drug-likeness (QED) is 0.814. The van der Waals surface area contributed by atoms with Gasteiger partial charge in [0.2, 0.25) is 5.91 Å². The fourth-order valence-corrected chi connectivity index (χ4v) is 3.14. The summed E-state index contributed by atoms with van der Waals surface area (Å²) in [7, 11) is 1.89. The molecule has 2 fully saturated rings.